The maximum absolute atomic E-state index is 12.9. The average molecular weight is 475 g/mol. The van der Waals surface area contributed by atoms with Crippen LogP contribution in [0.5, 0.6) is 0 Å². The summed E-state index contributed by atoms with van der Waals surface area (Å²) >= 11 is 5.73. The maximum atomic E-state index is 12.9. The predicted octanol–water partition coefficient (Wildman–Crippen LogP) is 2.97. The summed E-state index contributed by atoms with van der Waals surface area (Å²) in [6.07, 6.45) is 1.87. The molecule has 0 unspecified atom stereocenters. The van der Waals surface area contributed by atoms with E-state index in [1.54, 1.807) is 0 Å². The standard InChI is InChI=1S/C25H38N4O3S/c1-4-31-12-5-7-26-25(33)29(9-6-8-28-10-13-32-14-11-28)18-22-17-21-15-19(2)20(3)16-23(21)27-24(22)30/h15-17H,4-14,18H2,1-3H3,(H,26,33)(H,27,30). The minimum absolute atomic E-state index is 0.0527. The van der Waals surface area contributed by atoms with Gasteiger partial charge in [0, 0.05) is 57.0 Å². The topological polar surface area (TPSA) is 69.8 Å². The number of ether oxygens (including phenoxy) is 2. The van der Waals surface area contributed by atoms with E-state index in [-0.39, 0.29) is 5.56 Å². The molecule has 7 nitrogen and oxygen atoms in total. The summed E-state index contributed by atoms with van der Waals surface area (Å²) in [5.41, 5.74) is 3.95. The van der Waals surface area contributed by atoms with Crippen molar-refractivity contribution in [3.05, 3.63) is 45.2 Å². The van der Waals surface area contributed by atoms with Crippen molar-refractivity contribution in [2.24, 2.45) is 0 Å². The lowest BCUT2D eigenvalue weighted by molar-refractivity contribution is 0.0367. The lowest BCUT2D eigenvalue weighted by atomic mass is 10.0. The summed E-state index contributed by atoms with van der Waals surface area (Å²) in [6, 6.07) is 6.19. The van der Waals surface area contributed by atoms with Gasteiger partial charge in [-0.15, -0.1) is 0 Å². The number of thiocarbonyl (C=S) groups is 1. The van der Waals surface area contributed by atoms with Crippen LogP contribution in [0.3, 0.4) is 0 Å². The molecule has 2 N–H and O–H groups in total. The zero-order chi connectivity index (χ0) is 23.6. The number of hydrogen-bond donors (Lipinski definition) is 2. The number of pyridine rings is 1. The minimum atomic E-state index is -0.0527. The first kappa shape index (κ1) is 25.6. The van der Waals surface area contributed by atoms with Gasteiger partial charge in [-0.05, 0) is 80.5 Å². The molecule has 8 heteroatoms. The van der Waals surface area contributed by atoms with E-state index < -0.39 is 0 Å². The van der Waals surface area contributed by atoms with E-state index in [4.69, 9.17) is 21.7 Å². The van der Waals surface area contributed by atoms with Crippen molar-refractivity contribution in [3.8, 4) is 0 Å². The second-order valence-electron chi connectivity index (χ2n) is 8.66. The van der Waals surface area contributed by atoms with Crippen LogP contribution in [0, 0.1) is 13.8 Å². The van der Waals surface area contributed by atoms with Crippen molar-refractivity contribution >= 4 is 28.2 Å². The average Bonchev–Trinajstić information content (AvgIpc) is 2.80. The van der Waals surface area contributed by atoms with Crippen molar-refractivity contribution < 1.29 is 9.47 Å². The van der Waals surface area contributed by atoms with Gasteiger partial charge in [0.1, 0.15) is 0 Å². The molecule has 2 heterocycles. The molecular weight excluding hydrogens is 436 g/mol. The normalized spacial score (nSPS) is 14.5. The zero-order valence-electron chi connectivity index (χ0n) is 20.2. The molecule has 1 aromatic carbocycles. The van der Waals surface area contributed by atoms with Gasteiger partial charge in [-0.2, -0.15) is 0 Å². The molecule has 1 aliphatic heterocycles. The fourth-order valence-electron chi connectivity index (χ4n) is 4.03. The van der Waals surface area contributed by atoms with Crippen LogP contribution >= 0.6 is 12.2 Å². The van der Waals surface area contributed by atoms with Crippen molar-refractivity contribution in [3.63, 3.8) is 0 Å². The van der Waals surface area contributed by atoms with Crippen LogP contribution in [-0.4, -0.2) is 79.0 Å². The molecule has 33 heavy (non-hydrogen) atoms. The van der Waals surface area contributed by atoms with Crippen LogP contribution in [0.25, 0.3) is 10.9 Å². The van der Waals surface area contributed by atoms with E-state index in [1.165, 1.54) is 11.1 Å². The number of aromatic nitrogens is 1. The van der Waals surface area contributed by atoms with E-state index in [2.05, 4.69) is 40.0 Å². The predicted molar refractivity (Wildman–Crippen MR) is 138 cm³/mol. The Morgan fingerprint density at radius 3 is 2.73 bits per heavy atom. The number of nitrogens with one attached hydrogen (secondary N) is 2. The second kappa shape index (κ2) is 13.0. The third-order valence-electron chi connectivity index (χ3n) is 6.14. The molecule has 0 spiro atoms. The second-order valence-corrected chi connectivity index (χ2v) is 9.05. The van der Waals surface area contributed by atoms with Crippen LogP contribution in [0.15, 0.2) is 23.0 Å². The Hall–Kier alpha value is -2.00. The number of rotatable bonds is 11. The molecule has 2 aromatic rings. The number of benzene rings is 1. The minimum Gasteiger partial charge on any atom is -0.382 e. The molecule has 0 atom stereocenters. The highest BCUT2D eigenvalue weighted by atomic mass is 32.1. The largest absolute Gasteiger partial charge is 0.382 e. The lowest BCUT2D eigenvalue weighted by Gasteiger charge is -2.29. The first-order chi connectivity index (χ1) is 16.0. The van der Waals surface area contributed by atoms with Crippen LogP contribution < -0.4 is 10.9 Å². The quantitative estimate of drug-likeness (QED) is 0.383. The van der Waals surface area contributed by atoms with E-state index in [0.29, 0.717) is 18.3 Å². The fourth-order valence-corrected chi connectivity index (χ4v) is 4.29. The SMILES string of the molecule is CCOCCCNC(=S)N(CCCN1CCOCC1)Cc1cc2cc(C)c(C)cc2[nH]c1=O. The van der Waals surface area contributed by atoms with Crippen molar-refractivity contribution in [2.75, 3.05) is 59.2 Å². The molecule has 1 saturated heterocycles. The van der Waals surface area contributed by atoms with Gasteiger partial charge in [0.25, 0.3) is 5.56 Å². The Balaban J connectivity index is 1.68. The summed E-state index contributed by atoms with van der Waals surface area (Å²) in [4.78, 5) is 20.5. The molecule has 1 aliphatic rings. The van der Waals surface area contributed by atoms with Crippen molar-refractivity contribution in [1.29, 1.82) is 0 Å². The molecule has 0 bridgehead atoms. The summed E-state index contributed by atoms with van der Waals surface area (Å²) in [5, 5.41) is 5.10. The molecule has 182 valence electrons. The highest BCUT2D eigenvalue weighted by molar-refractivity contribution is 7.80. The van der Waals surface area contributed by atoms with Gasteiger partial charge < -0.3 is 24.7 Å². The van der Waals surface area contributed by atoms with Gasteiger partial charge in [-0.1, -0.05) is 0 Å². The summed E-state index contributed by atoms with van der Waals surface area (Å²) < 4.78 is 10.9. The molecule has 0 radical (unpaired) electrons. The number of aromatic amines is 1. The van der Waals surface area contributed by atoms with E-state index in [0.717, 1.165) is 81.9 Å². The Kier molecular flexibility index (Phi) is 10.1. The third-order valence-corrected chi connectivity index (χ3v) is 6.54. The molecule has 1 aromatic heterocycles. The fraction of sp³-hybridized carbons (Fsp3) is 0.600. The number of nitrogens with zero attached hydrogens (tertiary/aromatic N) is 2. The molecule has 1 fully saturated rings. The molecule has 0 amide bonds. The van der Waals surface area contributed by atoms with Crippen LogP contribution in [0.2, 0.25) is 0 Å². The highest BCUT2D eigenvalue weighted by Gasteiger charge is 2.15. The summed E-state index contributed by atoms with van der Waals surface area (Å²) in [6.45, 7) is 14.2. The smallest absolute Gasteiger partial charge is 0.253 e. The number of morpholine rings is 1. The third kappa shape index (κ3) is 7.78. The zero-order valence-corrected chi connectivity index (χ0v) is 21.1. The molecule has 0 aliphatic carbocycles. The van der Waals surface area contributed by atoms with Crippen molar-refractivity contribution in [2.45, 2.75) is 40.2 Å². The Morgan fingerprint density at radius 2 is 1.97 bits per heavy atom. The molecular formula is C25H38N4O3S. The summed E-state index contributed by atoms with van der Waals surface area (Å²) in [5.74, 6) is 0. The number of fused-ring (bicyclic) bond motifs is 1. The van der Waals surface area contributed by atoms with Crippen LogP contribution in [0.4, 0.5) is 0 Å². The Bertz CT molecular complexity index is 972. The van der Waals surface area contributed by atoms with Crippen molar-refractivity contribution in [1.82, 2.24) is 20.1 Å². The van der Waals surface area contributed by atoms with Crippen LogP contribution in [0.1, 0.15) is 36.5 Å². The Labute approximate surface area is 202 Å². The van der Waals surface area contributed by atoms with Crippen LogP contribution in [-0.2, 0) is 16.0 Å². The Morgan fingerprint density at radius 1 is 1.21 bits per heavy atom. The van der Waals surface area contributed by atoms with E-state index in [1.807, 2.05) is 19.1 Å². The van der Waals surface area contributed by atoms with Gasteiger partial charge in [-0.3, -0.25) is 9.69 Å². The molecule has 3 rings (SSSR count). The first-order valence-electron chi connectivity index (χ1n) is 12.0. The number of aryl methyl sites for hydroxylation is 2. The maximum Gasteiger partial charge on any atom is 0.253 e. The van der Waals surface area contributed by atoms with E-state index in [9.17, 15) is 4.79 Å². The number of H-pyrrole nitrogens is 1. The van der Waals surface area contributed by atoms with Gasteiger partial charge in [-0.25, -0.2) is 0 Å². The van der Waals surface area contributed by atoms with Gasteiger partial charge >= 0.3 is 0 Å². The van der Waals surface area contributed by atoms with E-state index >= 15 is 0 Å². The molecule has 0 saturated carbocycles. The lowest BCUT2D eigenvalue weighted by Crippen LogP contribution is -2.43. The highest BCUT2D eigenvalue weighted by Crippen LogP contribution is 2.18. The van der Waals surface area contributed by atoms with Gasteiger partial charge in [0.15, 0.2) is 5.11 Å². The van der Waals surface area contributed by atoms with Gasteiger partial charge in [0.05, 0.1) is 19.8 Å². The first-order valence-corrected chi connectivity index (χ1v) is 12.4. The number of hydrogen-bond acceptors (Lipinski definition) is 5. The monoisotopic (exact) mass is 474 g/mol. The van der Waals surface area contributed by atoms with Gasteiger partial charge in [0.2, 0.25) is 0 Å². The summed E-state index contributed by atoms with van der Waals surface area (Å²) in [7, 11) is 0.